The van der Waals surface area contributed by atoms with Gasteiger partial charge in [-0.25, -0.2) is 0 Å². The van der Waals surface area contributed by atoms with E-state index in [9.17, 15) is 0 Å². The van der Waals surface area contributed by atoms with Gasteiger partial charge in [-0.1, -0.05) is 95.6 Å². The number of aromatic nitrogens is 1. The number of allylic oxidation sites excluding steroid dienone is 5. The predicted molar refractivity (Wildman–Crippen MR) is 134 cm³/mol. The minimum Gasteiger partial charge on any atom is -0.256 e. The summed E-state index contributed by atoms with van der Waals surface area (Å²) in [6, 6.07) is 9.96. The third-order valence-corrected chi connectivity index (χ3v) is 5.69. The maximum atomic E-state index is 5.80. The smallest absolute Gasteiger partial charge is 0.113 e. The van der Waals surface area contributed by atoms with Crippen LogP contribution in [0.5, 0.6) is 0 Å². The minimum atomic E-state index is 0.0824. The van der Waals surface area contributed by atoms with Crippen LogP contribution < -0.4 is 5.46 Å². The van der Waals surface area contributed by atoms with Gasteiger partial charge in [0.2, 0.25) is 0 Å². The Balaban J connectivity index is 2.28. The molecular weight excluding hydrogens is 361 g/mol. The quantitative estimate of drug-likeness (QED) is 0.383. The van der Waals surface area contributed by atoms with Crippen LogP contribution in [0.3, 0.4) is 0 Å². The molecule has 1 aromatic carbocycles. The average Bonchev–Trinajstić information content (AvgIpc) is 2.63. The maximum absolute atomic E-state index is 5.80. The molecule has 0 unspecified atom stereocenters. The maximum Gasteiger partial charge on any atom is 0.113 e. The monoisotopic (exact) mass is 397 g/mol. The van der Waals surface area contributed by atoms with E-state index in [4.69, 9.17) is 7.85 Å². The summed E-state index contributed by atoms with van der Waals surface area (Å²) in [5.41, 5.74) is 9.18. The Hall–Kier alpha value is -2.35. The van der Waals surface area contributed by atoms with E-state index in [1.54, 1.807) is 0 Å². The first-order valence-corrected chi connectivity index (χ1v) is 10.7. The molecule has 2 rings (SSSR count). The molecule has 0 fully saturated rings. The Morgan fingerprint density at radius 2 is 1.63 bits per heavy atom. The van der Waals surface area contributed by atoms with E-state index >= 15 is 0 Å². The largest absolute Gasteiger partial charge is 0.256 e. The summed E-state index contributed by atoms with van der Waals surface area (Å²) in [5.74, 6) is 0. The fourth-order valence-corrected chi connectivity index (χ4v) is 3.11. The Labute approximate surface area is 185 Å². The molecule has 0 aliphatic carbocycles. The van der Waals surface area contributed by atoms with Crippen LogP contribution in [0.4, 0.5) is 0 Å². The van der Waals surface area contributed by atoms with Gasteiger partial charge in [-0.3, -0.25) is 4.98 Å². The molecule has 2 heteroatoms. The van der Waals surface area contributed by atoms with Gasteiger partial charge in [-0.05, 0) is 59.4 Å². The summed E-state index contributed by atoms with van der Waals surface area (Å²) in [6.45, 7) is 22.3. The molecule has 0 spiro atoms. The van der Waals surface area contributed by atoms with E-state index in [0.29, 0.717) is 0 Å². The van der Waals surface area contributed by atoms with E-state index < -0.39 is 0 Å². The summed E-state index contributed by atoms with van der Waals surface area (Å²) in [6.07, 6.45) is 7.43. The van der Waals surface area contributed by atoms with Crippen molar-refractivity contribution in [2.45, 2.75) is 61.8 Å². The van der Waals surface area contributed by atoms with Crippen LogP contribution in [0.2, 0.25) is 0 Å². The highest BCUT2D eigenvalue weighted by Gasteiger charge is 2.19. The van der Waals surface area contributed by atoms with Crippen molar-refractivity contribution >= 4 is 18.9 Å². The highest BCUT2D eigenvalue weighted by molar-refractivity contribution is 6.32. The van der Waals surface area contributed by atoms with Gasteiger partial charge in [-0.2, -0.15) is 0 Å². The molecule has 1 nitrogen and oxygen atoms in total. The lowest BCUT2D eigenvalue weighted by Crippen LogP contribution is -2.12. The van der Waals surface area contributed by atoms with Crippen LogP contribution in [-0.4, -0.2) is 12.8 Å². The summed E-state index contributed by atoms with van der Waals surface area (Å²) < 4.78 is 0. The second-order valence-electron chi connectivity index (χ2n) is 10.3. The zero-order chi connectivity index (χ0) is 22.7. The van der Waals surface area contributed by atoms with Gasteiger partial charge in [0.05, 0.1) is 5.69 Å². The number of nitrogens with zero attached hydrogens (tertiary/aromatic N) is 1. The van der Waals surface area contributed by atoms with Crippen LogP contribution >= 0.6 is 0 Å². The Morgan fingerprint density at radius 3 is 2.13 bits per heavy atom. The minimum absolute atomic E-state index is 0.0824. The first-order chi connectivity index (χ1) is 13.8. The van der Waals surface area contributed by atoms with Crippen molar-refractivity contribution in [3.63, 3.8) is 0 Å². The molecule has 2 aromatic rings. The standard InChI is InChI=1S/C28H36BN/c1-19(10-13-23(28(7,8)9)17-21(3)27(4,5)6)25-18-30-26(16-20(25)2)22-11-14-24(29)15-12-22/h11-18H,1,10H2,2-9H3/b21-17+,23-13+. The number of benzene rings is 1. The van der Waals surface area contributed by atoms with E-state index in [1.165, 1.54) is 16.7 Å². The molecule has 0 bridgehead atoms. The number of rotatable bonds is 5. The number of hydrogen-bond donors (Lipinski definition) is 0. The molecule has 0 aliphatic rings. The molecule has 0 amide bonds. The van der Waals surface area contributed by atoms with Gasteiger partial charge in [-0.15, -0.1) is 0 Å². The lowest BCUT2D eigenvalue weighted by atomic mass is 9.80. The summed E-state index contributed by atoms with van der Waals surface area (Å²) in [5, 5.41) is 0. The van der Waals surface area contributed by atoms with Crippen molar-refractivity contribution in [1.82, 2.24) is 4.98 Å². The van der Waals surface area contributed by atoms with Crippen LogP contribution in [0.1, 0.15) is 66.0 Å². The Bertz CT molecular complexity index is 961. The molecule has 0 aliphatic heterocycles. The molecular formula is C28H36BN. The second kappa shape index (κ2) is 9.21. The van der Waals surface area contributed by atoms with Crippen LogP contribution in [0.25, 0.3) is 16.8 Å². The van der Waals surface area contributed by atoms with Gasteiger partial charge >= 0.3 is 0 Å². The van der Waals surface area contributed by atoms with E-state index in [2.05, 4.69) is 85.2 Å². The third-order valence-electron chi connectivity index (χ3n) is 5.69. The van der Waals surface area contributed by atoms with Crippen molar-refractivity contribution in [3.05, 3.63) is 77.5 Å². The van der Waals surface area contributed by atoms with Crippen molar-refractivity contribution in [2.75, 3.05) is 0 Å². The zero-order valence-electron chi connectivity index (χ0n) is 20.1. The molecule has 0 saturated carbocycles. The Morgan fingerprint density at radius 1 is 1.03 bits per heavy atom. The zero-order valence-corrected chi connectivity index (χ0v) is 20.1. The molecule has 0 saturated heterocycles. The van der Waals surface area contributed by atoms with Gasteiger partial charge in [0.25, 0.3) is 0 Å². The van der Waals surface area contributed by atoms with Crippen molar-refractivity contribution < 1.29 is 0 Å². The number of hydrogen-bond acceptors (Lipinski definition) is 1. The van der Waals surface area contributed by atoms with Crippen LogP contribution in [-0.2, 0) is 0 Å². The molecule has 1 aromatic heterocycles. The van der Waals surface area contributed by atoms with Crippen molar-refractivity contribution in [2.24, 2.45) is 10.8 Å². The molecule has 2 radical (unpaired) electrons. The normalized spacial score (nSPS) is 13.5. The summed E-state index contributed by atoms with van der Waals surface area (Å²) >= 11 is 0. The fourth-order valence-electron chi connectivity index (χ4n) is 3.11. The van der Waals surface area contributed by atoms with Gasteiger partial charge in [0, 0.05) is 11.8 Å². The van der Waals surface area contributed by atoms with E-state index in [0.717, 1.165) is 34.3 Å². The first kappa shape index (κ1) is 23.9. The Kier molecular flexibility index (Phi) is 7.34. The molecule has 30 heavy (non-hydrogen) atoms. The van der Waals surface area contributed by atoms with Crippen molar-refractivity contribution in [1.29, 1.82) is 0 Å². The molecule has 156 valence electrons. The van der Waals surface area contributed by atoms with E-state index in [1.807, 2.05) is 30.5 Å². The predicted octanol–water partition coefficient (Wildman–Crippen LogP) is 7.22. The summed E-state index contributed by atoms with van der Waals surface area (Å²) in [4.78, 5) is 4.68. The van der Waals surface area contributed by atoms with Crippen molar-refractivity contribution in [3.8, 4) is 11.3 Å². The summed E-state index contributed by atoms with van der Waals surface area (Å²) in [7, 11) is 5.80. The van der Waals surface area contributed by atoms with Crippen LogP contribution in [0.15, 0.2) is 66.4 Å². The highest BCUT2D eigenvalue weighted by atomic mass is 14.7. The van der Waals surface area contributed by atoms with E-state index in [-0.39, 0.29) is 10.8 Å². The topological polar surface area (TPSA) is 12.9 Å². The third kappa shape index (κ3) is 6.32. The lowest BCUT2D eigenvalue weighted by molar-refractivity contribution is 0.489. The fraction of sp³-hybridized carbons (Fsp3) is 0.393. The van der Waals surface area contributed by atoms with Gasteiger partial charge in [0.1, 0.15) is 7.85 Å². The number of aryl methyl sites for hydroxylation is 1. The SMILES string of the molecule is [B]c1ccc(-c2cc(C)c(C(=C)C/C=C(\C=C(/C)C(C)(C)C)C(C)(C)C)cn2)cc1. The molecule has 1 heterocycles. The lowest BCUT2D eigenvalue weighted by Gasteiger charge is -2.25. The molecule has 0 N–H and O–H groups in total. The van der Waals surface area contributed by atoms with Crippen LogP contribution in [0, 0.1) is 17.8 Å². The van der Waals surface area contributed by atoms with Gasteiger partial charge in [0.15, 0.2) is 0 Å². The first-order valence-electron chi connectivity index (χ1n) is 10.7. The highest BCUT2D eigenvalue weighted by Crippen LogP contribution is 2.33. The molecule has 0 atom stereocenters. The van der Waals surface area contributed by atoms with Gasteiger partial charge < -0.3 is 0 Å². The average molecular weight is 397 g/mol. The second-order valence-corrected chi connectivity index (χ2v) is 10.3. The number of pyridine rings is 1.